The molecule has 0 radical (unpaired) electrons. The maximum atomic E-state index is 12.8. The Kier molecular flexibility index (Phi) is 5.32. The average Bonchev–Trinajstić information content (AvgIpc) is 3.25. The summed E-state index contributed by atoms with van der Waals surface area (Å²) in [7, 11) is 1.71. The van der Waals surface area contributed by atoms with Crippen LogP contribution in [0.4, 0.5) is 0 Å². The maximum absolute atomic E-state index is 12.8. The first kappa shape index (κ1) is 18.1. The number of rotatable bonds is 6. The summed E-state index contributed by atoms with van der Waals surface area (Å²) >= 11 is 5.90. The Morgan fingerprint density at radius 1 is 1.35 bits per heavy atom. The monoisotopic (exact) mass is 374 g/mol. The minimum absolute atomic E-state index is 0.117. The molecule has 0 spiro atoms. The Morgan fingerprint density at radius 2 is 2.08 bits per heavy atom. The number of aryl methyl sites for hydroxylation is 1. The third kappa shape index (κ3) is 3.91. The first-order valence-electron chi connectivity index (χ1n) is 8.20. The van der Waals surface area contributed by atoms with E-state index in [-0.39, 0.29) is 5.91 Å². The van der Waals surface area contributed by atoms with E-state index in [0.717, 1.165) is 5.56 Å². The van der Waals surface area contributed by atoms with Crippen LogP contribution in [0.3, 0.4) is 0 Å². The van der Waals surface area contributed by atoms with Crippen LogP contribution in [0.5, 0.6) is 0 Å². The summed E-state index contributed by atoms with van der Waals surface area (Å²) in [6, 6.07) is 8.40. The zero-order valence-electron chi connectivity index (χ0n) is 14.8. The van der Waals surface area contributed by atoms with Crippen LogP contribution in [0.2, 0.25) is 5.02 Å². The van der Waals surface area contributed by atoms with Crippen LogP contribution in [0.1, 0.15) is 30.8 Å². The summed E-state index contributed by atoms with van der Waals surface area (Å²) in [5.74, 6) is 1.04. The molecule has 0 saturated heterocycles. The lowest BCUT2D eigenvalue weighted by Crippen LogP contribution is -2.35. The summed E-state index contributed by atoms with van der Waals surface area (Å²) in [6.07, 6.45) is 0.539. The van der Waals surface area contributed by atoms with Crippen molar-refractivity contribution >= 4 is 17.5 Å². The maximum Gasteiger partial charge on any atom is 0.249 e. The standard InChI is InChI=1S/C17H19ClN6O2/c1-4-15(17(25)23(3)10-14-9-11(2)26-21-14)24-20-16(19-22-24)12-5-7-13(18)8-6-12/h5-9,15H,4,10H2,1-3H3. The van der Waals surface area contributed by atoms with Gasteiger partial charge in [-0.2, -0.15) is 4.80 Å². The van der Waals surface area contributed by atoms with Gasteiger partial charge in [0.15, 0.2) is 6.04 Å². The van der Waals surface area contributed by atoms with Gasteiger partial charge in [0.1, 0.15) is 11.5 Å². The van der Waals surface area contributed by atoms with Crippen molar-refractivity contribution in [3.8, 4) is 11.4 Å². The first-order chi connectivity index (χ1) is 12.5. The molecule has 0 saturated carbocycles. The average molecular weight is 375 g/mol. The zero-order valence-corrected chi connectivity index (χ0v) is 15.5. The van der Waals surface area contributed by atoms with E-state index >= 15 is 0 Å². The number of hydrogen-bond acceptors (Lipinski definition) is 6. The molecule has 0 bridgehead atoms. The van der Waals surface area contributed by atoms with Gasteiger partial charge in [0, 0.05) is 23.7 Å². The van der Waals surface area contributed by atoms with E-state index in [9.17, 15) is 4.79 Å². The van der Waals surface area contributed by atoms with Crippen molar-refractivity contribution in [2.45, 2.75) is 32.9 Å². The van der Waals surface area contributed by atoms with Crippen molar-refractivity contribution in [3.63, 3.8) is 0 Å². The Labute approximate surface area is 155 Å². The molecule has 0 aliphatic carbocycles. The minimum Gasteiger partial charge on any atom is -0.361 e. The molecular formula is C17H19ClN6O2. The lowest BCUT2D eigenvalue weighted by molar-refractivity contribution is -0.134. The smallest absolute Gasteiger partial charge is 0.249 e. The summed E-state index contributed by atoms with van der Waals surface area (Å²) in [5.41, 5.74) is 1.48. The van der Waals surface area contributed by atoms with Gasteiger partial charge in [-0.1, -0.05) is 23.7 Å². The summed E-state index contributed by atoms with van der Waals surface area (Å²) < 4.78 is 5.04. The Bertz CT molecular complexity index is 889. The van der Waals surface area contributed by atoms with Gasteiger partial charge in [0.2, 0.25) is 11.7 Å². The SMILES string of the molecule is CCC(C(=O)N(C)Cc1cc(C)on1)n1nnc(-c2ccc(Cl)cc2)n1. The van der Waals surface area contributed by atoms with Crippen LogP contribution in [0.15, 0.2) is 34.9 Å². The fourth-order valence-corrected chi connectivity index (χ4v) is 2.70. The van der Waals surface area contributed by atoms with Crippen LogP contribution in [-0.2, 0) is 11.3 Å². The topological polar surface area (TPSA) is 89.9 Å². The van der Waals surface area contributed by atoms with E-state index in [1.165, 1.54) is 4.80 Å². The molecule has 1 unspecified atom stereocenters. The lowest BCUT2D eigenvalue weighted by atomic mass is 10.2. The molecule has 0 fully saturated rings. The van der Waals surface area contributed by atoms with Crippen molar-refractivity contribution in [2.24, 2.45) is 0 Å². The number of likely N-dealkylation sites (N-methyl/N-ethyl adjacent to an activating group) is 1. The van der Waals surface area contributed by atoms with Crippen molar-refractivity contribution < 1.29 is 9.32 Å². The van der Waals surface area contributed by atoms with Gasteiger partial charge < -0.3 is 9.42 Å². The van der Waals surface area contributed by atoms with Crippen molar-refractivity contribution in [2.75, 3.05) is 7.05 Å². The van der Waals surface area contributed by atoms with Gasteiger partial charge in [-0.15, -0.1) is 10.2 Å². The van der Waals surface area contributed by atoms with Crippen LogP contribution < -0.4 is 0 Å². The third-order valence-electron chi connectivity index (χ3n) is 3.93. The molecule has 0 aliphatic heterocycles. The summed E-state index contributed by atoms with van der Waals surface area (Å²) in [4.78, 5) is 15.7. The largest absolute Gasteiger partial charge is 0.361 e. The molecule has 0 N–H and O–H groups in total. The van der Waals surface area contributed by atoms with E-state index in [4.69, 9.17) is 16.1 Å². The fourth-order valence-electron chi connectivity index (χ4n) is 2.58. The molecule has 9 heteroatoms. The highest BCUT2D eigenvalue weighted by Gasteiger charge is 2.25. The second kappa shape index (κ2) is 7.65. The molecule has 136 valence electrons. The van der Waals surface area contributed by atoms with Crippen LogP contribution in [0, 0.1) is 6.92 Å². The van der Waals surface area contributed by atoms with Crippen molar-refractivity contribution in [1.29, 1.82) is 0 Å². The molecule has 3 rings (SSSR count). The van der Waals surface area contributed by atoms with Crippen molar-refractivity contribution in [1.82, 2.24) is 30.3 Å². The molecule has 2 heterocycles. The van der Waals surface area contributed by atoms with E-state index in [1.807, 2.05) is 26.0 Å². The van der Waals surface area contributed by atoms with Crippen molar-refractivity contribution in [3.05, 3.63) is 46.8 Å². The number of carbonyl (C=O) groups is 1. The van der Waals surface area contributed by atoms with Gasteiger partial charge in [0.25, 0.3) is 0 Å². The Hall–Kier alpha value is -2.74. The van der Waals surface area contributed by atoms with Gasteiger partial charge in [0.05, 0.1) is 6.54 Å². The highest BCUT2D eigenvalue weighted by atomic mass is 35.5. The highest BCUT2D eigenvalue weighted by molar-refractivity contribution is 6.30. The molecular weight excluding hydrogens is 356 g/mol. The molecule has 8 nitrogen and oxygen atoms in total. The van der Waals surface area contributed by atoms with Crippen LogP contribution >= 0.6 is 11.6 Å². The van der Waals surface area contributed by atoms with E-state index in [0.29, 0.717) is 35.3 Å². The molecule has 1 atom stereocenters. The molecule has 3 aromatic rings. The quantitative estimate of drug-likeness (QED) is 0.659. The van der Waals surface area contributed by atoms with E-state index in [1.54, 1.807) is 30.1 Å². The number of carbonyl (C=O) groups excluding carboxylic acids is 1. The number of benzene rings is 1. The summed E-state index contributed by atoms with van der Waals surface area (Å²) in [5, 5.41) is 17.0. The predicted molar refractivity (Wildman–Crippen MR) is 95.3 cm³/mol. The molecule has 1 amide bonds. The normalized spacial score (nSPS) is 12.2. The van der Waals surface area contributed by atoms with E-state index in [2.05, 4.69) is 20.6 Å². The minimum atomic E-state index is -0.540. The third-order valence-corrected chi connectivity index (χ3v) is 4.19. The molecule has 2 aromatic heterocycles. The van der Waals surface area contributed by atoms with Crippen LogP contribution in [0.25, 0.3) is 11.4 Å². The summed E-state index contributed by atoms with van der Waals surface area (Å²) in [6.45, 7) is 4.07. The first-order valence-corrected chi connectivity index (χ1v) is 8.58. The van der Waals surface area contributed by atoms with Gasteiger partial charge in [-0.3, -0.25) is 4.79 Å². The number of hydrogen-bond donors (Lipinski definition) is 0. The number of halogens is 1. The van der Waals surface area contributed by atoms with Gasteiger partial charge >= 0.3 is 0 Å². The molecule has 1 aromatic carbocycles. The molecule has 0 aliphatic rings. The number of aromatic nitrogens is 5. The van der Waals surface area contributed by atoms with Gasteiger partial charge in [-0.25, -0.2) is 0 Å². The molecule has 26 heavy (non-hydrogen) atoms. The number of amides is 1. The Morgan fingerprint density at radius 3 is 2.69 bits per heavy atom. The predicted octanol–water partition coefficient (Wildman–Crippen LogP) is 2.90. The lowest BCUT2D eigenvalue weighted by Gasteiger charge is -2.21. The number of tetrazole rings is 1. The second-order valence-electron chi connectivity index (χ2n) is 5.99. The van der Waals surface area contributed by atoms with E-state index < -0.39 is 6.04 Å². The Balaban J connectivity index is 1.75. The van der Waals surface area contributed by atoms with Gasteiger partial charge in [-0.05, 0) is 42.8 Å². The zero-order chi connectivity index (χ0) is 18.7. The fraction of sp³-hybridized carbons (Fsp3) is 0.353. The number of nitrogens with zero attached hydrogens (tertiary/aromatic N) is 6. The van der Waals surface area contributed by atoms with Crippen LogP contribution in [-0.4, -0.2) is 43.2 Å². The highest BCUT2D eigenvalue weighted by Crippen LogP contribution is 2.19. The second-order valence-corrected chi connectivity index (χ2v) is 6.42.